The van der Waals surface area contributed by atoms with Crippen LogP contribution < -0.4 is 5.73 Å². The largest absolute Gasteiger partial charge is 0.469 e. The minimum absolute atomic E-state index is 0.0968. The minimum Gasteiger partial charge on any atom is -0.469 e. The normalized spacial score (nSPS) is 11.8. The third kappa shape index (κ3) is 5.51. The lowest BCUT2D eigenvalue weighted by molar-refractivity contribution is -0.140. The van der Waals surface area contributed by atoms with Crippen molar-refractivity contribution >= 4 is 43.6 Å². The second kappa shape index (κ2) is 11.1. The van der Waals surface area contributed by atoms with E-state index in [0.717, 1.165) is 59.1 Å². The number of nitrogen functional groups attached to an aromatic ring is 1. The average molecular weight is 509 g/mol. The number of hydrogen-bond donors (Lipinski definition) is 1. The Balaban J connectivity index is 1.38. The number of carbonyl (C=O) groups excluding carboxylic acids is 1. The number of benzene rings is 2. The maximum absolute atomic E-state index is 12.8. The van der Waals surface area contributed by atoms with Crippen LogP contribution in [0.3, 0.4) is 0 Å². The number of aromatic nitrogens is 3. The topological polar surface area (TPSA) is 117 Å². The van der Waals surface area contributed by atoms with E-state index in [9.17, 15) is 13.2 Å². The van der Waals surface area contributed by atoms with Crippen LogP contribution in [-0.4, -0.2) is 41.8 Å². The van der Waals surface area contributed by atoms with E-state index in [1.54, 1.807) is 24.3 Å². The smallest absolute Gasteiger partial charge is 0.305 e. The van der Waals surface area contributed by atoms with Crippen LogP contribution in [0.25, 0.3) is 21.9 Å². The van der Waals surface area contributed by atoms with Gasteiger partial charge in [0.1, 0.15) is 11.3 Å². The van der Waals surface area contributed by atoms with Crippen molar-refractivity contribution in [2.24, 2.45) is 0 Å². The van der Waals surface area contributed by atoms with Crippen LogP contribution in [0.1, 0.15) is 44.0 Å². The van der Waals surface area contributed by atoms with Gasteiger partial charge in [-0.3, -0.25) is 4.79 Å². The molecule has 0 fully saturated rings. The molecule has 2 heterocycles. The van der Waals surface area contributed by atoms with E-state index in [1.807, 2.05) is 24.3 Å². The van der Waals surface area contributed by atoms with E-state index >= 15 is 0 Å². The van der Waals surface area contributed by atoms with Crippen LogP contribution >= 0.6 is 0 Å². The van der Waals surface area contributed by atoms with E-state index in [4.69, 9.17) is 10.7 Å². The van der Waals surface area contributed by atoms with Crippen LogP contribution in [-0.2, 0) is 38.8 Å². The van der Waals surface area contributed by atoms with Gasteiger partial charge in [-0.05, 0) is 43.0 Å². The summed E-state index contributed by atoms with van der Waals surface area (Å²) < 4.78 is 32.4. The van der Waals surface area contributed by atoms with Gasteiger partial charge >= 0.3 is 5.97 Å². The molecule has 0 bridgehead atoms. The minimum atomic E-state index is -3.36. The molecule has 0 aliphatic carbocycles. The number of sulfone groups is 1. The molecule has 0 aliphatic heterocycles. The second-order valence-electron chi connectivity index (χ2n) is 8.84. The number of nitrogens with two attached hydrogens (primary N) is 1. The van der Waals surface area contributed by atoms with Crippen LogP contribution in [0, 0.1) is 0 Å². The fourth-order valence-electron chi connectivity index (χ4n) is 4.48. The van der Waals surface area contributed by atoms with Gasteiger partial charge in [0.2, 0.25) is 0 Å². The van der Waals surface area contributed by atoms with Gasteiger partial charge in [-0.25, -0.2) is 18.4 Å². The van der Waals surface area contributed by atoms with Crippen molar-refractivity contribution in [1.29, 1.82) is 0 Å². The Morgan fingerprint density at radius 2 is 1.78 bits per heavy atom. The van der Waals surface area contributed by atoms with Gasteiger partial charge < -0.3 is 15.0 Å². The second-order valence-corrected chi connectivity index (χ2v) is 11.0. The summed E-state index contributed by atoms with van der Waals surface area (Å²) >= 11 is 0. The molecule has 0 amide bonds. The zero-order chi connectivity index (χ0) is 25.7. The zero-order valence-electron chi connectivity index (χ0n) is 20.7. The average Bonchev–Trinajstić information content (AvgIpc) is 3.27. The number of carbonyl (C=O) groups is 1. The molecular formula is C27H32N4O4S. The molecule has 0 radical (unpaired) electrons. The summed E-state index contributed by atoms with van der Waals surface area (Å²) in [7, 11) is -2.01. The first-order valence-corrected chi connectivity index (χ1v) is 13.9. The monoisotopic (exact) mass is 508 g/mol. The van der Waals surface area contributed by atoms with Gasteiger partial charge in [0, 0.05) is 24.8 Å². The number of aryl methyl sites for hydroxylation is 3. The number of ether oxygens (including phenoxy) is 1. The van der Waals surface area contributed by atoms with Crippen molar-refractivity contribution in [1.82, 2.24) is 14.5 Å². The summed E-state index contributed by atoms with van der Waals surface area (Å²) in [6.07, 6.45) is 3.74. The Bertz CT molecular complexity index is 1480. The SMILES string of the molecule is CCc1nc2c(N)nc3ccccc3c2n1CCCCCS(=O)(=O)c1ccc(CCC(=O)OC)cc1. The highest BCUT2D eigenvalue weighted by Gasteiger charge is 2.17. The Hall–Kier alpha value is -3.46. The number of para-hydroxylation sites is 1. The number of methoxy groups -OCH3 is 1. The highest BCUT2D eigenvalue weighted by atomic mass is 32.2. The highest BCUT2D eigenvalue weighted by molar-refractivity contribution is 7.91. The highest BCUT2D eigenvalue weighted by Crippen LogP contribution is 2.29. The molecule has 36 heavy (non-hydrogen) atoms. The number of fused-ring (bicyclic) bond motifs is 3. The third-order valence-electron chi connectivity index (χ3n) is 6.43. The molecule has 2 N–H and O–H groups in total. The fourth-order valence-corrected chi connectivity index (χ4v) is 5.85. The molecule has 2 aromatic heterocycles. The van der Waals surface area contributed by atoms with E-state index in [1.165, 1.54) is 7.11 Å². The molecule has 9 heteroatoms. The molecule has 4 rings (SSSR count). The summed E-state index contributed by atoms with van der Waals surface area (Å²) in [6, 6.07) is 14.7. The quantitative estimate of drug-likeness (QED) is 0.234. The summed E-state index contributed by atoms with van der Waals surface area (Å²) in [5.74, 6) is 1.20. The lowest BCUT2D eigenvalue weighted by atomic mass is 10.1. The van der Waals surface area contributed by atoms with Crippen molar-refractivity contribution in [3.63, 3.8) is 0 Å². The van der Waals surface area contributed by atoms with Crippen molar-refractivity contribution in [3.05, 3.63) is 59.9 Å². The molecular weight excluding hydrogens is 476 g/mol. The molecule has 0 unspecified atom stereocenters. The number of rotatable bonds is 11. The Labute approximate surface area is 211 Å². The third-order valence-corrected chi connectivity index (χ3v) is 8.24. The number of imidazole rings is 1. The Morgan fingerprint density at radius 3 is 2.50 bits per heavy atom. The predicted octanol–water partition coefficient (Wildman–Crippen LogP) is 4.48. The number of unbranched alkanes of at least 4 members (excludes halogenated alkanes) is 2. The van der Waals surface area contributed by atoms with Crippen molar-refractivity contribution in [2.75, 3.05) is 18.6 Å². The molecule has 8 nitrogen and oxygen atoms in total. The molecule has 2 aromatic carbocycles. The van der Waals surface area contributed by atoms with Crippen LogP contribution in [0.15, 0.2) is 53.4 Å². The Morgan fingerprint density at radius 1 is 1.03 bits per heavy atom. The van der Waals surface area contributed by atoms with Crippen LogP contribution in [0.5, 0.6) is 0 Å². The van der Waals surface area contributed by atoms with Crippen molar-refractivity contribution in [2.45, 2.75) is 56.9 Å². The van der Waals surface area contributed by atoms with Crippen molar-refractivity contribution < 1.29 is 17.9 Å². The van der Waals surface area contributed by atoms with E-state index in [2.05, 4.69) is 21.2 Å². The summed E-state index contributed by atoms with van der Waals surface area (Å²) in [5.41, 5.74) is 9.68. The summed E-state index contributed by atoms with van der Waals surface area (Å²) in [5, 5.41) is 1.02. The van der Waals surface area contributed by atoms with Crippen molar-refractivity contribution in [3.8, 4) is 0 Å². The van der Waals surface area contributed by atoms with E-state index in [0.29, 0.717) is 23.6 Å². The number of anilines is 1. The number of hydrogen-bond acceptors (Lipinski definition) is 7. The number of pyridine rings is 1. The van der Waals surface area contributed by atoms with Crippen LogP contribution in [0.4, 0.5) is 5.82 Å². The first kappa shape index (κ1) is 25.6. The fraction of sp³-hybridized carbons (Fsp3) is 0.370. The molecule has 0 saturated heterocycles. The lowest BCUT2D eigenvalue weighted by Crippen LogP contribution is -2.08. The molecule has 0 atom stereocenters. The summed E-state index contributed by atoms with van der Waals surface area (Å²) in [4.78, 5) is 20.9. The van der Waals surface area contributed by atoms with Crippen LogP contribution in [0.2, 0.25) is 0 Å². The molecule has 0 aliphatic rings. The van der Waals surface area contributed by atoms with E-state index in [-0.39, 0.29) is 18.1 Å². The van der Waals surface area contributed by atoms with Gasteiger partial charge in [0.05, 0.1) is 28.8 Å². The summed E-state index contributed by atoms with van der Waals surface area (Å²) in [6.45, 7) is 2.80. The van der Waals surface area contributed by atoms with Gasteiger partial charge in [-0.15, -0.1) is 0 Å². The van der Waals surface area contributed by atoms with Gasteiger partial charge in [-0.2, -0.15) is 0 Å². The molecule has 0 spiro atoms. The first-order valence-electron chi connectivity index (χ1n) is 12.3. The zero-order valence-corrected chi connectivity index (χ0v) is 21.6. The molecule has 190 valence electrons. The Kier molecular flexibility index (Phi) is 7.88. The first-order chi connectivity index (χ1) is 17.3. The van der Waals surface area contributed by atoms with E-state index < -0.39 is 9.84 Å². The maximum Gasteiger partial charge on any atom is 0.305 e. The predicted molar refractivity (Wildman–Crippen MR) is 142 cm³/mol. The van der Waals surface area contributed by atoms with Gasteiger partial charge in [0.15, 0.2) is 15.7 Å². The molecule has 4 aromatic rings. The molecule has 0 saturated carbocycles. The lowest BCUT2D eigenvalue weighted by Gasteiger charge is -2.10. The number of nitrogens with zero attached hydrogens (tertiary/aromatic N) is 3. The van der Waals surface area contributed by atoms with Gasteiger partial charge in [0.25, 0.3) is 0 Å². The number of esters is 1. The van der Waals surface area contributed by atoms with Gasteiger partial charge in [-0.1, -0.05) is 43.7 Å². The maximum atomic E-state index is 12.8. The standard InChI is InChI=1S/C27H32N4O4S/c1-3-23-30-25-26(21-9-5-6-10-22(21)29-27(25)28)31(23)17-7-4-8-18-36(33,34)20-14-11-19(12-15-20)13-16-24(32)35-2/h5-6,9-12,14-15H,3-4,7-8,13,16-18H2,1-2H3,(H2,28,29).